The van der Waals surface area contributed by atoms with Gasteiger partial charge < -0.3 is 10.5 Å². The van der Waals surface area contributed by atoms with Crippen molar-refractivity contribution in [1.82, 2.24) is 0 Å². The van der Waals surface area contributed by atoms with Crippen LogP contribution in [-0.2, 0) is 0 Å². The Labute approximate surface area is 128 Å². The van der Waals surface area contributed by atoms with Gasteiger partial charge in [0.2, 0.25) is 0 Å². The number of amidine groups is 1. The van der Waals surface area contributed by atoms with Crippen LogP contribution in [0.25, 0.3) is 0 Å². The Morgan fingerprint density at radius 3 is 2.67 bits per heavy atom. The second kappa shape index (κ2) is 6.50. The third-order valence-corrected chi connectivity index (χ3v) is 4.66. The van der Waals surface area contributed by atoms with Crippen LogP contribution >= 0.6 is 0 Å². The standard InChI is InChI=1S/C18H28N2O/c1-11(2)14-7-5-13(4)10-17(14)21-16-8-6-12(3)9-15(16)18(19)20/h6,8-9,11,13-14,17H,5,7,10H2,1-4H3,(H3,19,20). The highest BCUT2D eigenvalue weighted by Gasteiger charge is 2.32. The van der Waals surface area contributed by atoms with E-state index >= 15 is 0 Å². The molecule has 1 aromatic carbocycles. The molecule has 2 rings (SSSR count). The molecule has 0 heterocycles. The molecule has 3 unspecified atom stereocenters. The number of rotatable bonds is 4. The van der Waals surface area contributed by atoms with Gasteiger partial charge in [-0.1, -0.05) is 38.8 Å². The van der Waals surface area contributed by atoms with Crippen molar-refractivity contribution in [2.24, 2.45) is 23.5 Å². The summed E-state index contributed by atoms with van der Waals surface area (Å²) < 4.78 is 6.33. The topological polar surface area (TPSA) is 59.1 Å². The molecule has 0 spiro atoms. The van der Waals surface area contributed by atoms with Crippen molar-refractivity contribution in [3.63, 3.8) is 0 Å². The molecule has 0 saturated heterocycles. The molecule has 21 heavy (non-hydrogen) atoms. The molecule has 0 aromatic heterocycles. The third kappa shape index (κ3) is 3.78. The van der Waals surface area contributed by atoms with E-state index in [2.05, 4.69) is 20.8 Å². The first-order valence-corrected chi connectivity index (χ1v) is 8.00. The number of nitrogen functional groups attached to an aromatic ring is 1. The molecule has 3 atom stereocenters. The van der Waals surface area contributed by atoms with Crippen LogP contribution in [0.3, 0.4) is 0 Å². The van der Waals surface area contributed by atoms with E-state index in [1.54, 1.807) is 0 Å². The van der Waals surface area contributed by atoms with Crippen LogP contribution in [0.1, 0.15) is 51.2 Å². The van der Waals surface area contributed by atoms with Crippen LogP contribution in [0.5, 0.6) is 5.75 Å². The molecule has 1 aliphatic carbocycles. The zero-order valence-corrected chi connectivity index (χ0v) is 13.6. The first-order chi connectivity index (χ1) is 9.88. The lowest BCUT2D eigenvalue weighted by molar-refractivity contribution is 0.0459. The van der Waals surface area contributed by atoms with Crippen molar-refractivity contribution in [2.75, 3.05) is 0 Å². The fourth-order valence-corrected chi connectivity index (χ4v) is 3.37. The maximum atomic E-state index is 7.76. The van der Waals surface area contributed by atoms with Gasteiger partial charge in [0.1, 0.15) is 17.7 Å². The summed E-state index contributed by atoms with van der Waals surface area (Å²) in [6.45, 7) is 8.86. The lowest BCUT2D eigenvalue weighted by atomic mass is 9.75. The Hall–Kier alpha value is -1.51. The van der Waals surface area contributed by atoms with E-state index in [1.807, 2.05) is 25.1 Å². The second-order valence-electron chi connectivity index (χ2n) is 6.90. The summed E-state index contributed by atoms with van der Waals surface area (Å²) in [4.78, 5) is 0. The Kier molecular flexibility index (Phi) is 4.92. The van der Waals surface area contributed by atoms with Gasteiger partial charge in [-0.05, 0) is 49.7 Å². The van der Waals surface area contributed by atoms with Crippen molar-refractivity contribution in [3.05, 3.63) is 29.3 Å². The van der Waals surface area contributed by atoms with Gasteiger partial charge in [-0.2, -0.15) is 0 Å². The Morgan fingerprint density at radius 1 is 1.33 bits per heavy atom. The predicted octanol–water partition coefficient (Wildman–Crippen LogP) is 4.12. The molecule has 3 N–H and O–H groups in total. The number of aryl methyl sites for hydroxylation is 1. The summed E-state index contributed by atoms with van der Waals surface area (Å²) in [7, 11) is 0. The summed E-state index contributed by atoms with van der Waals surface area (Å²) in [5.41, 5.74) is 7.53. The molecule has 1 aliphatic rings. The summed E-state index contributed by atoms with van der Waals surface area (Å²) >= 11 is 0. The number of nitrogens with one attached hydrogen (secondary N) is 1. The molecular formula is C18H28N2O. The Morgan fingerprint density at radius 2 is 2.05 bits per heavy atom. The minimum absolute atomic E-state index is 0.0821. The van der Waals surface area contributed by atoms with Gasteiger partial charge >= 0.3 is 0 Å². The van der Waals surface area contributed by atoms with Gasteiger partial charge in [-0.25, -0.2) is 0 Å². The van der Waals surface area contributed by atoms with E-state index in [0.29, 0.717) is 17.8 Å². The second-order valence-corrected chi connectivity index (χ2v) is 6.90. The summed E-state index contributed by atoms with van der Waals surface area (Å²) in [6.07, 6.45) is 3.84. The molecular weight excluding hydrogens is 260 g/mol. The van der Waals surface area contributed by atoms with E-state index in [0.717, 1.165) is 23.3 Å². The van der Waals surface area contributed by atoms with Crippen molar-refractivity contribution < 1.29 is 4.74 Å². The molecule has 0 aliphatic heterocycles. The minimum Gasteiger partial charge on any atom is -0.489 e. The van der Waals surface area contributed by atoms with E-state index < -0.39 is 0 Å². The first-order valence-electron chi connectivity index (χ1n) is 8.00. The van der Waals surface area contributed by atoms with Crippen molar-refractivity contribution in [2.45, 2.75) is 53.1 Å². The highest BCUT2D eigenvalue weighted by molar-refractivity contribution is 5.97. The highest BCUT2D eigenvalue weighted by Crippen LogP contribution is 2.36. The van der Waals surface area contributed by atoms with Gasteiger partial charge in [0, 0.05) is 0 Å². The average Bonchev–Trinajstić information content (AvgIpc) is 2.40. The first kappa shape index (κ1) is 15.9. The lowest BCUT2D eigenvalue weighted by Crippen LogP contribution is -2.36. The summed E-state index contributed by atoms with van der Waals surface area (Å²) in [5.74, 6) is 2.75. The number of benzene rings is 1. The Balaban J connectivity index is 2.24. The lowest BCUT2D eigenvalue weighted by Gasteiger charge is -2.37. The van der Waals surface area contributed by atoms with Crippen molar-refractivity contribution in [1.29, 1.82) is 5.41 Å². The van der Waals surface area contributed by atoms with Crippen molar-refractivity contribution in [3.8, 4) is 5.75 Å². The van der Waals surface area contributed by atoms with Crippen LogP contribution in [0.15, 0.2) is 18.2 Å². The van der Waals surface area contributed by atoms with Crippen LogP contribution in [0, 0.1) is 30.1 Å². The molecule has 1 aromatic rings. The van der Waals surface area contributed by atoms with Gasteiger partial charge in [0.25, 0.3) is 0 Å². The number of ether oxygens (including phenoxy) is 1. The maximum Gasteiger partial charge on any atom is 0.130 e. The smallest absolute Gasteiger partial charge is 0.130 e. The van der Waals surface area contributed by atoms with Crippen LogP contribution in [0.4, 0.5) is 0 Å². The van der Waals surface area contributed by atoms with Gasteiger partial charge in [0.15, 0.2) is 0 Å². The molecule has 0 bridgehead atoms. The summed E-state index contributed by atoms with van der Waals surface area (Å²) in [5, 5.41) is 7.76. The quantitative estimate of drug-likeness (QED) is 0.647. The van der Waals surface area contributed by atoms with Crippen molar-refractivity contribution >= 4 is 5.84 Å². The van der Waals surface area contributed by atoms with Gasteiger partial charge in [-0.15, -0.1) is 0 Å². The van der Waals surface area contributed by atoms with E-state index in [4.69, 9.17) is 15.9 Å². The molecule has 1 fully saturated rings. The minimum atomic E-state index is 0.0821. The van der Waals surface area contributed by atoms with E-state index in [-0.39, 0.29) is 11.9 Å². The summed E-state index contributed by atoms with van der Waals surface area (Å²) in [6, 6.07) is 5.93. The number of nitrogens with two attached hydrogens (primary N) is 1. The maximum absolute atomic E-state index is 7.76. The molecule has 1 saturated carbocycles. The zero-order chi connectivity index (χ0) is 15.6. The molecule has 0 amide bonds. The van der Waals surface area contributed by atoms with Crippen LogP contribution < -0.4 is 10.5 Å². The van der Waals surface area contributed by atoms with Gasteiger partial charge in [0.05, 0.1) is 5.56 Å². The zero-order valence-electron chi connectivity index (χ0n) is 13.6. The molecule has 0 radical (unpaired) electrons. The largest absolute Gasteiger partial charge is 0.489 e. The Bertz CT molecular complexity index is 510. The number of hydrogen-bond donors (Lipinski definition) is 2. The van der Waals surface area contributed by atoms with Crippen LogP contribution in [-0.4, -0.2) is 11.9 Å². The normalized spacial score (nSPS) is 25.9. The fraction of sp³-hybridized carbons (Fsp3) is 0.611. The average molecular weight is 288 g/mol. The van der Waals surface area contributed by atoms with E-state index in [9.17, 15) is 0 Å². The highest BCUT2D eigenvalue weighted by atomic mass is 16.5. The monoisotopic (exact) mass is 288 g/mol. The SMILES string of the molecule is Cc1ccc(OC2CC(C)CCC2C(C)C)c(C(=N)N)c1. The number of hydrogen-bond acceptors (Lipinski definition) is 2. The van der Waals surface area contributed by atoms with E-state index in [1.165, 1.54) is 12.8 Å². The third-order valence-electron chi connectivity index (χ3n) is 4.66. The fourth-order valence-electron chi connectivity index (χ4n) is 3.37. The molecule has 3 heteroatoms. The molecule has 116 valence electrons. The van der Waals surface area contributed by atoms with Gasteiger partial charge in [-0.3, -0.25) is 5.41 Å². The predicted molar refractivity (Wildman–Crippen MR) is 88.0 cm³/mol. The molecule has 3 nitrogen and oxygen atoms in total. The van der Waals surface area contributed by atoms with Crippen LogP contribution in [0.2, 0.25) is 0 Å².